The van der Waals surface area contributed by atoms with Gasteiger partial charge >= 0.3 is 5.97 Å². The van der Waals surface area contributed by atoms with Gasteiger partial charge < -0.3 is 9.84 Å². The monoisotopic (exact) mass is 361 g/mol. The predicted molar refractivity (Wildman–Crippen MR) is 103 cm³/mol. The summed E-state index contributed by atoms with van der Waals surface area (Å²) >= 11 is 1.67. The van der Waals surface area contributed by atoms with Gasteiger partial charge in [-0.1, -0.05) is 24.3 Å². The molecule has 0 amide bonds. The van der Waals surface area contributed by atoms with Gasteiger partial charge in [0.25, 0.3) is 0 Å². The Morgan fingerprint density at radius 3 is 2.38 bits per heavy atom. The van der Waals surface area contributed by atoms with E-state index in [1.54, 1.807) is 35.6 Å². The first-order valence-corrected chi connectivity index (χ1v) is 8.92. The van der Waals surface area contributed by atoms with Crippen molar-refractivity contribution in [2.45, 2.75) is 6.61 Å². The molecule has 0 spiro atoms. The van der Waals surface area contributed by atoms with Crippen molar-refractivity contribution in [3.05, 3.63) is 83.9 Å². The number of carbonyl (C=O) groups is 1. The molecule has 4 aromatic rings. The van der Waals surface area contributed by atoms with Gasteiger partial charge in [0.15, 0.2) is 0 Å². The van der Waals surface area contributed by atoms with Crippen molar-refractivity contribution >= 4 is 27.5 Å². The van der Waals surface area contributed by atoms with Crippen LogP contribution in [0.4, 0.5) is 0 Å². The van der Waals surface area contributed by atoms with Gasteiger partial charge in [0.2, 0.25) is 0 Å². The molecule has 0 fully saturated rings. The summed E-state index contributed by atoms with van der Waals surface area (Å²) in [5.74, 6) is -0.167. The molecule has 0 radical (unpaired) electrons. The Hall–Kier alpha value is -3.18. The van der Waals surface area contributed by atoms with Crippen LogP contribution in [0.5, 0.6) is 5.75 Å². The lowest BCUT2D eigenvalue weighted by atomic mass is 10.1. The van der Waals surface area contributed by atoms with E-state index < -0.39 is 5.97 Å². The number of hydrogen-bond acceptors (Lipinski definition) is 4. The van der Waals surface area contributed by atoms with E-state index in [-0.39, 0.29) is 5.56 Å². The molecular weight excluding hydrogens is 346 g/mol. The van der Waals surface area contributed by atoms with Gasteiger partial charge in [-0.2, -0.15) is 0 Å². The van der Waals surface area contributed by atoms with Crippen LogP contribution in [-0.4, -0.2) is 16.1 Å². The molecule has 3 aromatic carbocycles. The van der Waals surface area contributed by atoms with Crippen LogP contribution >= 0.6 is 11.3 Å². The van der Waals surface area contributed by atoms with Crippen molar-refractivity contribution in [1.82, 2.24) is 4.98 Å². The summed E-state index contributed by atoms with van der Waals surface area (Å²) < 4.78 is 6.95. The fraction of sp³-hybridized carbons (Fsp3) is 0.0476. The highest BCUT2D eigenvalue weighted by molar-refractivity contribution is 7.21. The number of thiazole rings is 1. The molecule has 1 N–H and O–H groups in total. The van der Waals surface area contributed by atoms with E-state index >= 15 is 0 Å². The Balaban J connectivity index is 1.45. The van der Waals surface area contributed by atoms with E-state index in [9.17, 15) is 4.79 Å². The summed E-state index contributed by atoms with van der Waals surface area (Å²) in [6, 6.07) is 22.6. The van der Waals surface area contributed by atoms with Crippen LogP contribution in [0, 0.1) is 0 Å². The number of fused-ring (bicyclic) bond motifs is 1. The Bertz CT molecular complexity index is 1020. The molecule has 0 unspecified atom stereocenters. The van der Waals surface area contributed by atoms with Crippen molar-refractivity contribution < 1.29 is 14.6 Å². The number of aromatic nitrogens is 1. The molecule has 4 rings (SSSR count). The third kappa shape index (κ3) is 3.43. The van der Waals surface area contributed by atoms with Crippen LogP contribution in [0.25, 0.3) is 20.8 Å². The number of rotatable bonds is 5. The minimum absolute atomic E-state index is 0.272. The summed E-state index contributed by atoms with van der Waals surface area (Å²) in [6.45, 7) is 0.389. The van der Waals surface area contributed by atoms with E-state index in [0.717, 1.165) is 27.4 Å². The molecule has 26 heavy (non-hydrogen) atoms. The van der Waals surface area contributed by atoms with Gasteiger partial charge in [-0.25, -0.2) is 9.78 Å². The highest BCUT2D eigenvalue weighted by Crippen LogP contribution is 2.30. The molecule has 0 bridgehead atoms. The lowest BCUT2D eigenvalue weighted by molar-refractivity contribution is 0.0697. The van der Waals surface area contributed by atoms with E-state index in [4.69, 9.17) is 9.84 Å². The molecule has 0 aliphatic rings. The van der Waals surface area contributed by atoms with Crippen molar-refractivity contribution in [1.29, 1.82) is 0 Å². The fourth-order valence-corrected chi connectivity index (χ4v) is 3.57. The molecule has 0 saturated carbocycles. The Labute approximate surface area is 154 Å². The van der Waals surface area contributed by atoms with Gasteiger partial charge in [-0.05, 0) is 54.1 Å². The SMILES string of the molecule is O=C(O)c1ccc(COc2ccc(-c3nc4ccccc4s3)cc2)cc1. The molecule has 1 aromatic heterocycles. The first-order chi connectivity index (χ1) is 12.7. The first kappa shape index (κ1) is 16.3. The minimum atomic E-state index is -0.928. The maximum Gasteiger partial charge on any atom is 0.335 e. The Morgan fingerprint density at radius 2 is 1.69 bits per heavy atom. The van der Waals surface area contributed by atoms with Crippen LogP contribution in [0.1, 0.15) is 15.9 Å². The first-order valence-electron chi connectivity index (χ1n) is 8.10. The van der Waals surface area contributed by atoms with Gasteiger partial charge in [-0.15, -0.1) is 11.3 Å². The predicted octanol–water partition coefficient (Wildman–Crippen LogP) is 5.24. The number of hydrogen-bond donors (Lipinski definition) is 1. The van der Waals surface area contributed by atoms with Crippen LogP contribution in [-0.2, 0) is 6.61 Å². The molecule has 0 saturated heterocycles. The number of carboxylic acid groups (broad SMARTS) is 1. The number of ether oxygens (including phenoxy) is 1. The summed E-state index contributed by atoms with van der Waals surface area (Å²) in [4.78, 5) is 15.5. The third-order valence-electron chi connectivity index (χ3n) is 4.00. The van der Waals surface area contributed by atoms with Crippen LogP contribution in [0.2, 0.25) is 0 Å². The van der Waals surface area contributed by atoms with E-state index in [2.05, 4.69) is 11.1 Å². The third-order valence-corrected chi connectivity index (χ3v) is 5.09. The van der Waals surface area contributed by atoms with Crippen molar-refractivity contribution in [2.75, 3.05) is 0 Å². The lowest BCUT2D eigenvalue weighted by Crippen LogP contribution is -1.98. The molecular formula is C21H15NO3S. The number of benzene rings is 3. The van der Waals surface area contributed by atoms with Gasteiger partial charge in [-0.3, -0.25) is 0 Å². The maximum absolute atomic E-state index is 10.9. The summed E-state index contributed by atoms with van der Waals surface area (Å²) in [5.41, 5.74) is 3.26. The Morgan fingerprint density at radius 1 is 0.962 bits per heavy atom. The highest BCUT2D eigenvalue weighted by Gasteiger charge is 2.06. The van der Waals surface area contributed by atoms with E-state index in [0.29, 0.717) is 6.61 Å². The summed E-state index contributed by atoms with van der Waals surface area (Å²) in [7, 11) is 0. The summed E-state index contributed by atoms with van der Waals surface area (Å²) in [5, 5.41) is 9.90. The molecule has 1 heterocycles. The van der Waals surface area contributed by atoms with Gasteiger partial charge in [0.1, 0.15) is 17.4 Å². The van der Waals surface area contributed by atoms with Crippen LogP contribution in [0.15, 0.2) is 72.8 Å². The molecule has 0 atom stereocenters. The molecule has 0 aliphatic heterocycles. The number of nitrogens with zero attached hydrogens (tertiary/aromatic N) is 1. The second kappa shape index (κ2) is 6.98. The van der Waals surface area contributed by atoms with E-state index in [1.165, 1.54) is 4.70 Å². The van der Waals surface area contributed by atoms with Crippen LogP contribution < -0.4 is 4.74 Å². The Kier molecular flexibility index (Phi) is 4.37. The van der Waals surface area contributed by atoms with Gasteiger partial charge in [0.05, 0.1) is 15.8 Å². The standard InChI is InChI=1S/C21H15NO3S/c23-21(24)16-7-5-14(6-8-16)13-25-17-11-9-15(10-12-17)20-22-18-3-1-2-4-19(18)26-20/h1-12H,13H2,(H,23,24). The number of carboxylic acids is 1. The van der Waals surface area contributed by atoms with Crippen molar-refractivity contribution in [3.63, 3.8) is 0 Å². The average Bonchev–Trinajstić information content (AvgIpc) is 3.11. The molecule has 0 aliphatic carbocycles. The topological polar surface area (TPSA) is 59.4 Å². The number of para-hydroxylation sites is 1. The van der Waals surface area contributed by atoms with Crippen molar-refractivity contribution in [2.24, 2.45) is 0 Å². The largest absolute Gasteiger partial charge is 0.489 e. The van der Waals surface area contributed by atoms with E-state index in [1.807, 2.05) is 42.5 Å². The normalized spacial score (nSPS) is 10.8. The fourth-order valence-electron chi connectivity index (χ4n) is 2.60. The minimum Gasteiger partial charge on any atom is -0.489 e. The van der Waals surface area contributed by atoms with Gasteiger partial charge in [0, 0.05) is 5.56 Å². The molecule has 128 valence electrons. The zero-order valence-corrected chi connectivity index (χ0v) is 14.6. The zero-order valence-electron chi connectivity index (χ0n) is 13.8. The second-order valence-corrected chi connectivity index (χ2v) is 6.83. The van der Waals surface area contributed by atoms with Crippen molar-refractivity contribution in [3.8, 4) is 16.3 Å². The lowest BCUT2D eigenvalue weighted by Gasteiger charge is -2.07. The average molecular weight is 361 g/mol. The maximum atomic E-state index is 10.9. The molecule has 5 heteroatoms. The second-order valence-electron chi connectivity index (χ2n) is 5.80. The smallest absolute Gasteiger partial charge is 0.335 e. The number of aromatic carboxylic acids is 1. The quantitative estimate of drug-likeness (QED) is 0.528. The van der Waals surface area contributed by atoms with Crippen LogP contribution in [0.3, 0.4) is 0 Å². The summed E-state index contributed by atoms with van der Waals surface area (Å²) in [6.07, 6.45) is 0. The highest BCUT2D eigenvalue weighted by atomic mass is 32.1. The molecule has 4 nitrogen and oxygen atoms in total. The zero-order chi connectivity index (χ0) is 17.9.